The number of halogens is 1. The fourth-order valence-electron chi connectivity index (χ4n) is 1.65. The number of methoxy groups -OCH3 is 1. The van der Waals surface area contributed by atoms with Crippen LogP contribution >= 0.6 is 22.6 Å². The van der Waals surface area contributed by atoms with Gasteiger partial charge in [0.1, 0.15) is 5.75 Å². The third-order valence-electron chi connectivity index (χ3n) is 2.67. The summed E-state index contributed by atoms with van der Waals surface area (Å²) in [6, 6.07) is 3.41. The summed E-state index contributed by atoms with van der Waals surface area (Å²) in [4.78, 5) is 34.9. The van der Waals surface area contributed by atoms with Gasteiger partial charge >= 0.3 is 11.9 Å². The Kier molecular flexibility index (Phi) is 6.75. The van der Waals surface area contributed by atoms with Crippen molar-refractivity contribution in [2.24, 2.45) is 0 Å². The van der Waals surface area contributed by atoms with Crippen molar-refractivity contribution >= 4 is 40.4 Å². The summed E-state index contributed by atoms with van der Waals surface area (Å²) in [7, 11) is 1.15. The Morgan fingerprint density at radius 3 is 2.45 bits per heavy atom. The summed E-state index contributed by atoms with van der Waals surface area (Å²) >= 11 is 2.01. The number of hydrogen-bond donors (Lipinski definition) is 2. The predicted molar refractivity (Wildman–Crippen MR) is 85.4 cm³/mol. The van der Waals surface area contributed by atoms with Gasteiger partial charge in [-0.3, -0.25) is 9.59 Å². The highest BCUT2D eigenvalue weighted by molar-refractivity contribution is 14.1. The number of benzene rings is 1. The number of rotatable bonds is 5. The molecule has 0 aliphatic heterocycles. The normalized spacial score (nSPS) is 13.0. The molecule has 0 heterocycles. The maximum atomic E-state index is 12.3. The molecule has 1 rings (SSSR count). The summed E-state index contributed by atoms with van der Waals surface area (Å²) in [5, 5.41) is 11.9. The van der Waals surface area contributed by atoms with E-state index in [1.165, 1.54) is 26.0 Å². The third kappa shape index (κ3) is 4.95. The molecule has 0 radical (unpaired) electrons. The van der Waals surface area contributed by atoms with Crippen LogP contribution in [0.3, 0.4) is 0 Å². The molecule has 0 spiro atoms. The van der Waals surface area contributed by atoms with Gasteiger partial charge < -0.3 is 19.9 Å². The van der Waals surface area contributed by atoms with Gasteiger partial charge in [-0.1, -0.05) is 0 Å². The molecule has 0 bridgehead atoms. The Morgan fingerprint density at radius 2 is 1.95 bits per heavy atom. The molecule has 0 saturated heterocycles. The van der Waals surface area contributed by atoms with E-state index in [0.717, 1.165) is 10.7 Å². The van der Waals surface area contributed by atoms with Crippen molar-refractivity contribution in [3.63, 3.8) is 0 Å². The number of hydrogen-bond acceptors (Lipinski definition) is 6. The lowest BCUT2D eigenvalue weighted by atomic mass is 10.1. The zero-order chi connectivity index (χ0) is 16.9. The minimum Gasteiger partial charge on any atom is -0.467 e. The van der Waals surface area contributed by atoms with Crippen LogP contribution in [0, 0.1) is 3.57 Å². The molecular weight excluding hydrogens is 405 g/mol. The van der Waals surface area contributed by atoms with E-state index in [2.05, 4.69) is 10.1 Å². The van der Waals surface area contributed by atoms with Crippen molar-refractivity contribution in [2.75, 3.05) is 7.11 Å². The lowest BCUT2D eigenvalue weighted by molar-refractivity contribution is -0.145. The van der Waals surface area contributed by atoms with Crippen LogP contribution in [0.1, 0.15) is 24.2 Å². The SMILES string of the molecule is COC(=O)[C@@H](NC(=O)c1ccc(I)cc1OC(C)=O)[C@@H](C)O. The standard InChI is InChI=1S/C14H16INO6/c1-7(17)12(14(20)21-3)16-13(19)10-5-4-9(15)6-11(10)22-8(2)18/h4-7,12,17H,1-3H3,(H,16,19)/t7-,12+/m1/s1. The fourth-order valence-corrected chi connectivity index (χ4v) is 2.11. The molecule has 2 N–H and O–H groups in total. The zero-order valence-electron chi connectivity index (χ0n) is 12.3. The van der Waals surface area contributed by atoms with Crippen molar-refractivity contribution in [3.8, 4) is 5.75 Å². The van der Waals surface area contributed by atoms with Gasteiger partial charge in [0.05, 0.1) is 18.8 Å². The van der Waals surface area contributed by atoms with Gasteiger partial charge in [0.15, 0.2) is 6.04 Å². The summed E-state index contributed by atoms with van der Waals surface area (Å²) in [5.41, 5.74) is 0.0742. The van der Waals surface area contributed by atoms with Crippen LogP contribution in [0.15, 0.2) is 18.2 Å². The van der Waals surface area contributed by atoms with E-state index < -0.39 is 30.0 Å². The first-order valence-electron chi connectivity index (χ1n) is 6.31. The van der Waals surface area contributed by atoms with Gasteiger partial charge in [-0.2, -0.15) is 0 Å². The lowest BCUT2D eigenvalue weighted by Gasteiger charge is -2.19. The summed E-state index contributed by atoms with van der Waals surface area (Å²) in [6.45, 7) is 2.57. The number of esters is 2. The number of aliphatic hydroxyl groups excluding tert-OH is 1. The van der Waals surface area contributed by atoms with E-state index in [1.807, 2.05) is 22.6 Å². The maximum Gasteiger partial charge on any atom is 0.331 e. The highest BCUT2D eigenvalue weighted by atomic mass is 127. The van der Waals surface area contributed by atoms with E-state index in [9.17, 15) is 19.5 Å². The maximum absolute atomic E-state index is 12.3. The molecule has 2 atom stereocenters. The first-order chi connectivity index (χ1) is 10.3. The molecule has 0 aromatic heterocycles. The Hall–Kier alpha value is -1.68. The molecule has 22 heavy (non-hydrogen) atoms. The van der Waals surface area contributed by atoms with Gasteiger partial charge in [-0.25, -0.2) is 4.79 Å². The van der Waals surface area contributed by atoms with Crippen LogP contribution < -0.4 is 10.1 Å². The number of carbonyl (C=O) groups is 3. The first kappa shape index (κ1) is 18.4. The predicted octanol–water partition coefficient (Wildman–Crippen LogP) is 0.869. The van der Waals surface area contributed by atoms with Crippen molar-refractivity contribution in [3.05, 3.63) is 27.3 Å². The Balaban J connectivity index is 3.06. The van der Waals surface area contributed by atoms with Gasteiger partial charge in [0.2, 0.25) is 0 Å². The minimum atomic E-state index is -1.22. The van der Waals surface area contributed by atoms with Crippen LogP contribution in [-0.2, 0) is 14.3 Å². The Labute approximate surface area is 141 Å². The van der Waals surface area contributed by atoms with Crippen molar-refractivity contribution in [1.82, 2.24) is 5.32 Å². The van der Waals surface area contributed by atoms with Gasteiger partial charge in [0.25, 0.3) is 5.91 Å². The molecule has 0 saturated carbocycles. The van der Waals surface area contributed by atoms with E-state index in [0.29, 0.717) is 0 Å². The molecule has 1 aromatic carbocycles. The van der Waals surface area contributed by atoms with Crippen LogP contribution in [0.5, 0.6) is 5.75 Å². The second-order valence-corrected chi connectivity index (χ2v) is 5.69. The van der Waals surface area contributed by atoms with Crippen LogP contribution in [-0.4, -0.2) is 42.2 Å². The molecule has 0 aliphatic rings. The lowest BCUT2D eigenvalue weighted by Crippen LogP contribution is -2.48. The summed E-state index contributed by atoms with van der Waals surface area (Å²) in [6.07, 6.45) is -1.14. The highest BCUT2D eigenvalue weighted by Gasteiger charge is 2.28. The van der Waals surface area contributed by atoms with E-state index in [4.69, 9.17) is 4.74 Å². The average molecular weight is 421 g/mol. The van der Waals surface area contributed by atoms with E-state index in [1.54, 1.807) is 6.07 Å². The van der Waals surface area contributed by atoms with E-state index in [-0.39, 0.29) is 11.3 Å². The topological polar surface area (TPSA) is 102 Å². The second-order valence-electron chi connectivity index (χ2n) is 4.45. The largest absolute Gasteiger partial charge is 0.467 e. The van der Waals surface area contributed by atoms with Crippen molar-refractivity contribution < 1.29 is 29.0 Å². The molecule has 1 amide bonds. The van der Waals surface area contributed by atoms with Crippen LogP contribution in [0.2, 0.25) is 0 Å². The monoisotopic (exact) mass is 421 g/mol. The number of aliphatic hydroxyl groups is 1. The molecule has 0 unspecified atom stereocenters. The zero-order valence-corrected chi connectivity index (χ0v) is 14.4. The summed E-state index contributed by atoms with van der Waals surface area (Å²) in [5.74, 6) is -1.94. The summed E-state index contributed by atoms with van der Waals surface area (Å²) < 4.78 is 10.3. The molecule has 0 aliphatic carbocycles. The van der Waals surface area contributed by atoms with Gasteiger partial charge in [-0.05, 0) is 47.7 Å². The van der Waals surface area contributed by atoms with E-state index >= 15 is 0 Å². The number of carbonyl (C=O) groups excluding carboxylic acids is 3. The molecule has 1 aromatic rings. The number of ether oxygens (including phenoxy) is 2. The van der Waals surface area contributed by atoms with Gasteiger partial charge in [-0.15, -0.1) is 0 Å². The quantitative estimate of drug-likeness (QED) is 0.416. The van der Waals surface area contributed by atoms with Crippen molar-refractivity contribution in [1.29, 1.82) is 0 Å². The number of amides is 1. The molecule has 0 fully saturated rings. The van der Waals surface area contributed by atoms with Crippen LogP contribution in [0.25, 0.3) is 0 Å². The third-order valence-corrected chi connectivity index (χ3v) is 3.34. The Morgan fingerprint density at radius 1 is 1.32 bits per heavy atom. The first-order valence-corrected chi connectivity index (χ1v) is 7.38. The average Bonchev–Trinajstić information content (AvgIpc) is 2.42. The second kappa shape index (κ2) is 8.08. The highest BCUT2D eigenvalue weighted by Crippen LogP contribution is 2.22. The smallest absolute Gasteiger partial charge is 0.331 e. The van der Waals surface area contributed by atoms with Crippen molar-refractivity contribution in [2.45, 2.75) is 26.0 Å². The minimum absolute atomic E-state index is 0.0742. The molecule has 120 valence electrons. The molecule has 7 nitrogen and oxygen atoms in total. The van der Waals surface area contributed by atoms with Crippen LogP contribution in [0.4, 0.5) is 0 Å². The number of nitrogens with one attached hydrogen (secondary N) is 1. The molecular formula is C14H16INO6. The molecule has 8 heteroatoms. The van der Waals surface area contributed by atoms with Gasteiger partial charge in [0, 0.05) is 10.5 Å². The fraction of sp³-hybridized carbons (Fsp3) is 0.357. The Bertz CT molecular complexity index is 587.